The van der Waals surface area contributed by atoms with Crippen LogP contribution in [0.15, 0.2) is 53.6 Å². The van der Waals surface area contributed by atoms with E-state index in [4.69, 9.17) is 17.0 Å². The Kier molecular flexibility index (Phi) is 15.8. The molecule has 2 aromatic rings. The molecule has 31 heavy (non-hydrogen) atoms. The molecule has 0 heterocycles. The Labute approximate surface area is 211 Å². The second-order valence-electron chi connectivity index (χ2n) is 8.19. The van der Waals surface area contributed by atoms with Crippen molar-refractivity contribution in [2.75, 3.05) is 0 Å². The first kappa shape index (κ1) is 29.2. The first-order chi connectivity index (χ1) is 14.9. The normalized spacial score (nSPS) is 15.5. The number of hydrogen-bond donors (Lipinski definition) is 0. The van der Waals surface area contributed by atoms with Crippen LogP contribution in [-0.2, 0) is 20.8 Å². The summed E-state index contributed by atoms with van der Waals surface area (Å²) in [4.78, 5) is 0. The minimum absolute atomic E-state index is 0.0252. The average Bonchev–Trinajstić information content (AvgIpc) is 3.38. The molecule has 2 aromatic carbocycles. The van der Waals surface area contributed by atoms with Crippen molar-refractivity contribution in [1.82, 2.24) is 0 Å². The Morgan fingerprint density at radius 3 is 2.19 bits per heavy atom. The van der Waals surface area contributed by atoms with Gasteiger partial charge in [-0.2, -0.15) is 12.1 Å². The molecule has 3 rings (SSSR count). The van der Waals surface area contributed by atoms with Gasteiger partial charge in [0.05, 0.1) is 0 Å². The van der Waals surface area contributed by atoms with Crippen LogP contribution in [0.2, 0.25) is 0 Å². The van der Waals surface area contributed by atoms with Crippen LogP contribution in [0.3, 0.4) is 0 Å². The van der Waals surface area contributed by atoms with E-state index in [-0.39, 0.29) is 7.92 Å². The zero-order valence-corrected chi connectivity index (χ0v) is 25.0. The summed E-state index contributed by atoms with van der Waals surface area (Å²) in [6.07, 6.45) is 13.1. The molecule has 0 spiro atoms. The van der Waals surface area contributed by atoms with Crippen LogP contribution in [0.5, 0.6) is 0 Å². The van der Waals surface area contributed by atoms with Gasteiger partial charge in [0.2, 0.25) is 0 Å². The van der Waals surface area contributed by atoms with Crippen LogP contribution < -0.4 is 5.30 Å². The van der Waals surface area contributed by atoms with Gasteiger partial charge >= 0.3 is 37.9 Å². The molecular weight excluding hydrogens is 517 g/mol. The van der Waals surface area contributed by atoms with Crippen LogP contribution in [0.25, 0.3) is 10.8 Å². The van der Waals surface area contributed by atoms with Crippen molar-refractivity contribution in [3.63, 3.8) is 0 Å². The predicted octanol–water partition coefficient (Wildman–Crippen LogP) is 9.90. The molecule has 0 saturated heterocycles. The van der Waals surface area contributed by atoms with E-state index in [1.165, 1.54) is 54.0 Å². The third kappa shape index (κ3) is 9.92. The van der Waals surface area contributed by atoms with Gasteiger partial charge < -0.3 is 0 Å². The molecule has 0 N–H and O–H groups in total. The van der Waals surface area contributed by atoms with E-state index >= 15 is 0 Å². The van der Waals surface area contributed by atoms with Crippen molar-refractivity contribution in [2.24, 2.45) is 0 Å². The average molecular weight is 557 g/mol. The number of unbranched alkanes of at least 4 members (excludes halogenated alkanes) is 1. The van der Waals surface area contributed by atoms with E-state index in [1.54, 1.807) is 5.30 Å². The number of fused-ring (bicyclic) bond motifs is 1. The summed E-state index contributed by atoms with van der Waals surface area (Å²) in [7, 11) is 9.84. The number of allylic oxidation sites excluding steroid dienone is 4. The second kappa shape index (κ2) is 16.8. The molecule has 0 aliphatic heterocycles. The van der Waals surface area contributed by atoms with Gasteiger partial charge in [-0.05, 0) is 24.2 Å². The van der Waals surface area contributed by atoms with Crippen molar-refractivity contribution in [3.05, 3.63) is 59.7 Å². The topological polar surface area (TPSA) is 0 Å². The van der Waals surface area contributed by atoms with Gasteiger partial charge in [-0.25, -0.2) is 11.1 Å². The zero-order chi connectivity index (χ0) is 23.2. The number of hydrogen-bond acceptors (Lipinski definition) is 0. The monoisotopic (exact) mass is 554 g/mol. The first-order valence-electron chi connectivity index (χ1n) is 11.6. The van der Waals surface area contributed by atoms with Crippen molar-refractivity contribution in [1.29, 1.82) is 0 Å². The van der Waals surface area contributed by atoms with Crippen molar-refractivity contribution < 1.29 is 20.8 Å². The molecule has 0 amide bonds. The molecule has 1 aliphatic rings. The van der Waals surface area contributed by atoms with Crippen LogP contribution in [-0.4, -0.2) is 11.3 Å². The van der Waals surface area contributed by atoms with Gasteiger partial charge in [0.1, 0.15) is 0 Å². The molecule has 2 unspecified atom stereocenters. The van der Waals surface area contributed by atoms with Crippen LogP contribution in [0.4, 0.5) is 0 Å². The summed E-state index contributed by atoms with van der Waals surface area (Å²) in [6.45, 7) is 13.9. The fourth-order valence-corrected chi connectivity index (χ4v) is 7.10. The molecule has 2 atom stereocenters. The molecule has 170 valence electrons. The number of benzene rings is 1. The molecule has 4 heteroatoms. The molecule has 0 saturated carbocycles. The molecule has 0 bridgehead atoms. The summed E-state index contributed by atoms with van der Waals surface area (Å²) in [5.41, 5.74) is 4.56. The standard InChI is InChI=1S/C17H24P.C10H15.2ClH.Zr/c1-5-13(3)18(14(4)6-2)17-11-15-9-7-8-10-16(15)12-17;1-3-4-7-10-8-5-6-9(10)2;;;/h7-14H,5-6H2,1-4H3;6H,3-5,7H2,1-2H3;2*1H;/q2*-1;;;+4/p-2. The molecule has 0 fully saturated rings. The third-order valence-electron chi connectivity index (χ3n) is 6.01. The number of halogens is 2. The van der Waals surface area contributed by atoms with Gasteiger partial charge in [0.25, 0.3) is 0 Å². The molecule has 1 aliphatic carbocycles. The molecule has 0 aromatic heterocycles. The molecular formula is C27H39Cl2PZr. The first-order valence-corrected chi connectivity index (χ1v) is 19.4. The Balaban J connectivity index is 0.000000311. The summed E-state index contributed by atoms with van der Waals surface area (Å²) in [6, 6.07) is 13.6. The quantitative estimate of drug-likeness (QED) is 0.224. The summed E-state index contributed by atoms with van der Waals surface area (Å²) in [5, 5.41) is 4.42. The fourth-order valence-electron chi connectivity index (χ4n) is 3.85. The number of rotatable bonds is 8. The van der Waals surface area contributed by atoms with Crippen LogP contribution in [0, 0.1) is 6.08 Å². The Morgan fingerprint density at radius 2 is 1.71 bits per heavy atom. The van der Waals surface area contributed by atoms with Gasteiger partial charge in [0, 0.05) is 0 Å². The second-order valence-corrected chi connectivity index (χ2v) is 15.0. The SMILES string of the molecule is CCC(C)P(c1cc2ccccc2[cH-]1)C(C)CC.CCCCC1=[C-]CC=C1C.[Cl][Zr+2][Cl]. The van der Waals surface area contributed by atoms with E-state index in [1.807, 2.05) is 0 Å². The fraction of sp³-hybridized carbons (Fsp3) is 0.519. The van der Waals surface area contributed by atoms with Crippen molar-refractivity contribution in [3.8, 4) is 0 Å². The predicted molar refractivity (Wildman–Crippen MR) is 142 cm³/mol. The zero-order valence-electron chi connectivity index (χ0n) is 20.1. The minimum atomic E-state index is -0.826. The molecule has 0 nitrogen and oxygen atoms in total. The summed E-state index contributed by atoms with van der Waals surface area (Å²) >= 11 is -0.826. The van der Waals surface area contributed by atoms with E-state index in [0.29, 0.717) is 0 Å². The van der Waals surface area contributed by atoms with Crippen LogP contribution >= 0.6 is 24.9 Å². The van der Waals surface area contributed by atoms with E-state index in [2.05, 4.69) is 90.1 Å². The van der Waals surface area contributed by atoms with Crippen LogP contribution in [0.1, 0.15) is 80.1 Å². The Morgan fingerprint density at radius 1 is 1.10 bits per heavy atom. The van der Waals surface area contributed by atoms with Gasteiger partial charge in [-0.1, -0.05) is 67.9 Å². The maximum atomic E-state index is 4.93. The van der Waals surface area contributed by atoms with E-state index in [9.17, 15) is 0 Å². The maximum absolute atomic E-state index is 4.93. The van der Waals surface area contributed by atoms with E-state index < -0.39 is 20.8 Å². The summed E-state index contributed by atoms with van der Waals surface area (Å²) < 4.78 is 0. The van der Waals surface area contributed by atoms with E-state index in [0.717, 1.165) is 17.7 Å². The third-order valence-corrected chi connectivity index (χ3v) is 9.50. The van der Waals surface area contributed by atoms with Gasteiger partial charge in [-0.15, -0.1) is 53.7 Å². The molecule has 0 radical (unpaired) electrons. The van der Waals surface area contributed by atoms with Gasteiger partial charge in [0.15, 0.2) is 0 Å². The van der Waals surface area contributed by atoms with Crippen molar-refractivity contribution >= 4 is 41.0 Å². The Bertz CT molecular complexity index is 765. The van der Waals surface area contributed by atoms with Crippen molar-refractivity contribution in [2.45, 2.75) is 91.4 Å². The van der Waals surface area contributed by atoms with Gasteiger partial charge in [-0.3, -0.25) is 6.08 Å². The Hall–Kier alpha value is 0.203. The summed E-state index contributed by atoms with van der Waals surface area (Å²) in [5.74, 6) is 0.